The molecule has 0 amide bonds. The number of epoxide rings is 1. The van der Waals surface area contributed by atoms with Crippen LogP contribution in [0.15, 0.2) is 0 Å². The summed E-state index contributed by atoms with van der Waals surface area (Å²) in [5, 5.41) is 17.9. The van der Waals surface area contributed by atoms with E-state index in [4.69, 9.17) is 24.1 Å². The zero-order valence-electron chi connectivity index (χ0n) is 12.9. The molecule has 0 aromatic carbocycles. The van der Waals surface area contributed by atoms with Crippen molar-refractivity contribution in [3.63, 3.8) is 0 Å². The molecule has 0 radical (unpaired) electrons. The first-order chi connectivity index (χ1) is 9.22. The third-order valence-electron chi connectivity index (χ3n) is 2.60. The molecule has 120 valence electrons. The van der Waals surface area contributed by atoms with Crippen LogP contribution < -0.4 is 0 Å². The quantitative estimate of drug-likeness (QED) is 0.712. The molecule has 0 aliphatic carbocycles. The third-order valence-corrected chi connectivity index (χ3v) is 2.60. The molecule has 2 rings (SSSR count). The van der Waals surface area contributed by atoms with Crippen molar-refractivity contribution in [1.82, 2.24) is 0 Å². The van der Waals surface area contributed by atoms with Gasteiger partial charge in [0.1, 0.15) is 12.2 Å². The first-order valence-corrected chi connectivity index (χ1v) is 7.00. The molecular weight excluding hydrogens is 264 g/mol. The van der Waals surface area contributed by atoms with Crippen molar-refractivity contribution in [3.8, 4) is 0 Å². The molecule has 2 N–H and O–H groups in total. The summed E-state index contributed by atoms with van der Waals surface area (Å²) in [7, 11) is 0. The maximum Gasteiger partial charge on any atom is 0.105 e. The van der Waals surface area contributed by atoms with E-state index in [1.165, 1.54) is 0 Å². The summed E-state index contributed by atoms with van der Waals surface area (Å²) in [5.41, 5.74) is -0.944. The maximum atomic E-state index is 9.19. The van der Waals surface area contributed by atoms with E-state index in [-0.39, 0.29) is 18.3 Å². The van der Waals surface area contributed by atoms with E-state index in [1.807, 2.05) is 13.8 Å². The number of aliphatic hydroxyl groups is 2. The van der Waals surface area contributed by atoms with E-state index in [2.05, 4.69) is 0 Å². The average Bonchev–Trinajstić information content (AvgIpc) is 3.11. The SMILES string of the molecule is CC(C)(O)COCC1CO1.CC1(C)COCC(CO)O1. The predicted octanol–water partition coefficient (Wildman–Crippen LogP) is 0.345. The van der Waals surface area contributed by atoms with Crippen LogP contribution in [-0.4, -0.2) is 73.3 Å². The van der Waals surface area contributed by atoms with Crippen LogP contribution in [0.4, 0.5) is 0 Å². The van der Waals surface area contributed by atoms with Crippen molar-refractivity contribution < 1.29 is 29.2 Å². The Kier molecular flexibility index (Phi) is 6.84. The second kappa shape index (κ2) is 7.68. The fourth-order valence-corrected chi connectivity index (χ4v) is 1.65. The number of aliphatic hydroxyl groups excluding tert-OH is 1. The smallest absolute Gasteiger partial charge is 0.105 e. The Morgan fingerprint density at radius 1 is 1.25 bits per heavy atom. The normalized spacial score (nSPS) is 28.5. The van der Waals surface area contributed by atoms with Gasteiger partial charge < -0.3 is 29.2 Å². The van der Waals surface area contributed by atoms with Gasteiger partial charge in [0.25, 0.3) is 0 Å². The Hall–Kier alpha value is -0.240. The van der Waals surface area contributed by atoms with Crippen LogP contribution in [0.2, 0.25) is 0 Å². The molecule has 2 aliphatic rings. The van der Waals surface area contributed by atoms with E-state index < -0.39 is 5.60 Å². The van der Waals surface area contributed by atoms with Gasteiger partial charge in [-0.05, 0) is 27.7 Å². The van der Waals surface area contributed by atoms with Crippen molar-refractivity contribution in [1.29, 1.82) is 0 Å². The summed E-state index contributed by atoms with van der Waals surface area (Å²) in [5.74, 6) is 0. The zero-order chi connectivity index (χ0) is 15.2. The fourth-order valence-electron chi connectivity index (χ4n) is 1.65. The Balaban J connectivity index is 0.000000200. The minimum absolute atomic E-state index is 0.0451. The van der Waals surface area contributed by atoms with Gasteiger partial charge in [0, 0.05) is 0 Å². The summed E-state index contributed by atoms with van der Waals surface area (Å²) in [6, 6.07) is 0. The first-order valence-electron chi connectivity index (χ1n) is 7.00. The highest BCUT2D eigenvalue weighted by molar-refractivity contribution is 4.75. The van der Waals surface area contributed by atoms with E-state index in [0.29, 0.717) is 32.5 Å². The molecule has 2 saturated heterocycles. The van der Waals surface area contributed by atoms with Gasteiger partial charge in [-0.15, -0.1) is 0 Å². The molecule has 20 heavy (non-hydrogen) atoms. The minimum Gasteiger partial charge on any atom is -0.394 e. The second-order valence-corrected chi connectivity index (χ2v) is 6.48. The third kappa shape index (κ3) is 8.84. The fraction of sp³-hybridized carbons (Fsp3) is 1.00. The molecule has 6 nitrogen and oxygen atoms in total. The topological polar surface area (TPSA) is 80.7 Å². The van der Waals surface area contributed by atoms with Gasteiger partial charge in [0.2, 0.25) is 0 Å². The lowest BCUT2D eigenvalue weighted by Crippen LogP contribution is -2.44. The van der Waals surface area contributed by atoms with Crippen LogP contribution >= 0.6 is 0 Å². The van der Waals surface area contributed by atoms with Gasteiger partial charge >= 0.3 is 0 Å². The summed E-state index contributed by atoms with van der Waals surface area (Å²) < 4.78 is 20.7. The molecule has 0 spiro atoms. The maximum absolute atomic E-state index is 9.19. The van der Waals surface area contributed by atoms with Crippen LogP contribution in [0, 0.1) is 0 Å². The van der Waals surface area contributed by atoms with Gasteiger partial charge in [0.15, 0.2) is 0 Å². The number of hydrogen-bond acceptors (Lipinski definition) is 6. The van der Waals surface area contributed by atoms with Crippen molar-refractivity contribution in [2.24, 2.45) is 0 Å². The van der Waals surface area contributed by atoms with Gasteiger partial charge in [0.05, 0.1) is 50.8 Å². The molecule has 2 unspecified atom stereocenters. The Bertz CT molecular complexity index is 269. The van der Waals surface area contributed by atoms with Crippen LogP contribution in [-0.2, 0) is 18.9 Å². The van der Waals surface area contributed by atoms with Gasteiger partial charge in [-0.3, -0.25) is 0 Å². The second-order valence-electron chi connectivity index (χ2n) is 6.48. The zero-order valence-corrected chi connectivity index (χ0v) is 12.9. The molecule has 2 atom stereocenters. The molecular formula is C14H28O6. The summed E-state index contributed by atoms with van der Waals surface area (Å²) in [6.07, 6.45) is 0.158. The van der Waals surface area contributed by atoms with Gasteiger partial charge in [-0.25, -0.2) is 0 Å². The largest absolute Gasteiger partial charge is 0.394 e. The van der Waals surface area contributed by atoms with Crippen molar-refractivity contribution in [2.45, 2.75) is 51.1 Å². The molecule has 2 aliphatic heterocycles. The monoisotopic (exact) mass is 292 g/mol. The van der Waals surface area contributed by atoms with Crippen molar-refractivity contribution in [3.05, 3.63) is 0 Å². The summed E-state index contributed by atoms with van der Waals surface area (Å²) in [6.45, 7) is 10.3. The average molecular weight is 292 g/mol. The number of ether oxygens (including phenoxy) is 4. The van der Waals surface area contributed by atoms with Crippen molar-refractivity contribution in [2.75, 3.05) is 39.6 Å². The Morgan fingerprint density at radius 2 is 1.90 bits per heavy atom. The highest BCUT2D eigenvalue weighted by Gasteiger charge is 2.28. The number of hydrogen-bond donors (Lipinski definition) is 2. The van der Waals surface area contributed by atoms with Crippen LogP contribution in [0.1, 0.15) is 27.7 Å². The lowest BCUT2D eigenvalue weighted by atomic mass is 10.1. The molecule has 2 fully saturated rings. The first kappa shape index (κ1) is 17.8. The summed E-state index contributed by atoms with van der Waals surface area (Å²) in [4.78, 5) is 0. The van der Waals surface area contributed by atoms with Gasteiger partial charge in [-0.1, -0.05) is 0 Å². The highest BCUT2D eigenvalue weighted by Crippen LogP contribution is 2.17. The van der Waals surface area contributed by atoms with E-state index >= 15 is 0 Å². The molecule has 0 bridgehead atoms. The Labute approximate surface area is 121 Å². The summed E-state index contributed by atoms with van der Waals surface area (Å²) >= 11 is 0. The van der Waals surface area contributed by atoms with E-state index in [9.17, 15) is 5.11 Å². The van der Waals surface area contributed by atoms with Crippen LogP contribution in [0.5, 0.6) is 0 Å². The van der Waals surface area contributed by atoms with Gasteiger partial charge in [-0.2, -0.15) is 0 Å². The van der Waals surface area contributed by atoms with E-state index in [1.54, 1.807) is 13.8 Å². The number of rotatable bonds is 5. The Morgan fingerprint density at radius 3 is 2.30 bits per heavy atom. The van der Waals surface area contributed by atoms with Crippen molar-refractivity contribution >= 4 is 0 Å². The van der Waals surface area contributed by atoms with Crippen LogP contribution in [0.3, 0.4) is 0 Å². The lowest BCUT2D eigenvalue weighted by molar-refractivity contribution is -0.191. The highest BCUT2D eigenvalue weighted by atomic mass is 16.6. The van der Waals surface area contributed by atoms with Crippen LogP contribution in [0.25, 0.3) is 0 Å². The molecule has 6 heteroatoms. The molecule has 0 aromatic rings. The van der Waals surface area contributed by atoms with E-state index in [0.717, 1.165) is 6.61 Å². The standard InChI is InChI=1S/2C7H14O3/c1-7(2,8)5-9-3-6-4-10-6;1-7(2)5-9-4-6(3-8)10-7/h2*6,8H,3-5H2,1-2H3. The predicted molar refractivity (Wildman–Crippen MR) is 73.7 cm³/mol. The minimum atomic E-state index is -0.713. The molecule has 0 aromatic heterocycles. The molecule has 2 heterocycles. The molecule has 0 saturated carbocycles. The lowest BCUT2D eigenvalue weighted by Gasteiger charge is -2.34.